The second-order valence-electron chi connectivity index (χ2n) is 6.23. The summed E-state index contributed by atoms with van der Waals surface area (Å²) in [5.74, 6) is -6.76. The third kappa shape index (κ3) is 3.91. The van der Waals surface area contributed by atoms with Crippen molar-refractivity contribution in [1.82, 2.24) is 0 Å². The van der Waals surface area contributed by atoms with E-state index in [1.54, 1.807) is 26.0 Å². The number of aliphatic hydroxyl groups is 1. The predicted octanol–water partition coefficient (Wildman–Crippen LogP) is 1.61. The number of ketones is 1. The van der Waals surface area contributed by atoms with Gasteiger partial charge in [-0.3, -0.25) is 4.79 Å². The first-order valence-corrected chi connectivity index (χ1v) is 8.15. The maximum absolute atomic E-state index is 12.9. The normalized spacial score (nSPS) is 13.8. The Hall–Kier alpha value is -3.52. The number of Topliss-reactive ketones (excluding diaryl/α,β-unsaturated/α-hetero) is 1. The Bertz CT molecular complexity index is 914. The summed E-state index contributed by atoms with van der Waals surface area (Å²) in [7, 11) is 0. The summed E-state index contributed by atoms with van der Waals surface area (Å²) in [5, 5.41) is 28.9. The summed E-state index contributed by atoms with van der Waals surface area (Å²) >= 11 is 0. The van der Waals surface area contributed by atoms with E-state index >= 15 is 0 Å². The van der Waals surface area contributed by atoms with Gasteiger partial charge in [-0.05, 0) is 26.0 Å². The van der Waals surface area contributed by atoms with Crippen LogP contribution in [0.2, 0.25) is 0 Å². The van der Waals surface area contributed by atoms with Crippen molar-refractivity contribution >= 4 is 23.7 Å². The van der Waals surface area contributed by atoms with Crippen molar-refractivity contribution in [3.05, 3.63) is 70.8 Å². The van der Waals surface area contributed by atoms with Gasteiger partial charge in [-0.1, -0.05) is 47.5 Å². The van der Waals surface area contributed by atoms with E-state index in [9.17, 15) is 29.4 Å². The van der Waals surface area contributed by atoms with Gasteiger partial charge in [0.05, 0.1) is 5.56 Å². The predicted molar refractivity (Wildman–Crippen MR) is 96.1 cm³/mol. The summed E-state index contributed by atoms with van der Waals surface area (Å²) in [6.45, 7) is 3.48. The van der Waals surface area contributed by atoms with Gasteiger partial charge in [-0.2, -0.15) is 0 Å². The second kappa shape index (κ2) is 8.01. The number of carbonyl (C=O) groups excluding carboxylic acids is 2. The van der Waals surface area contributed by atoms with E-state index in [0.717, 1.165) is 11.1 Å². The molecule has 0 aliphatic carbocycles. The van der Waals surface area contributed by atoms with Crippen LogP contribution in [-0.2, 0) is 14.3 Å². The summed E-state index contributed by atoms with van der Waals surface area (Å²) < 4.78 is 4.88. The number of esters is 1. The SMILES string of the molecule is Cc1ccc(C(=O)OC(C(=O)O)(C(=O)c2ccc(C)cc2)[C@H](O)C(=O)O)cc1. The molecule has 0 heterocycles. The number of hydrogen-bond donors (Lipinski definition) is 3. The van der Waals surface area contributed by atoms with Crippen LogP contribution in [0.5, 0.6) is 0 Å². The van der Waals surface area contributed by atoms with Crippen LogP contribution >= 0.6 is 0 Å². The zero-order chi connectivity index (χ0) is 21.1. The van der Waals surface area contributed by atoms with Crippen LogP contribution in [0, 0.1) is 13.8 Å². The molecule has 28 heavy (non-hydrogen) atoms. The fourth-order valence-electron chi connectivity index (χ4n) is 2.47. The molecule has 0 aromatic heterocycles. The number of ether oxygens (including phenoxy) is 1. The highest BCUT2D eigenvalue weighted by Gasteiger charge is 2.59. The number of carboxylic acids is 2. The number of aliphatic carboxylic acids is 2. The average Bonchev–Trinajstić information content (AvgIpc) is 2.65. The third-order valence-electron chi connectivity index (χ3n) is 4.13. The quantitative estimate of drug-likeness (QED) is 0.371. The minimum atomic E-state index is -3.36. The lowest BCUT2D eigenvalue weighted by atomic mass is 9.86. The largest absolute Gasteiger partial charge is 0.479 e. The van der Waals surface area contributed by atoms with Gasteiger partial charge in [0.25, 0.3) is 0 Å². The molecule has 0 aliphatic heterocycles. The highest BCUT2D eigenvalue weighted by Crippen LogP contribution is 2.26. The Morgan fingerprint density at radius 3 is 1.64 bits per heavy atom. The molecule has 2 aromatic rings. The molecule has 146 valence electrons. The maximum atomic E-state index is 12.9. The fourth-order valence-corrected chi connectivity index (χ4v) is 2.47. The molecule has 0 radical (unpaired) electrons. The van der Waals surface area contributed by atoms with Gasteiger partial charge in [0, 0.05) is 5.56 Å². The van der Waals surface area contributed by atoms with Gasteiger partial charge in [0.15, 0.2) is 0 Å². The topological polar surface area (TPSA) is 138 Å². The number of rotatable bonds is 7. The fraction of sp³-hybridized carbons (Fsp3) is 0.200. The average molecular weight is 386 g/mol. The Balaban J connectivity index is 2.56. The summed E-state index contributed by atoms with van der Waals surface area (Å²) in [6.07, 6.45) is -2.83. The Labute approximate surface area is 160 Å². The molecule has 0 saturated carbocycles. The van der Waals surface area contributed by atoms with Crippen molar-refractivity contribution in [2.75, 3.05) is 0 Å². The van der Waals surface area contributed by atoms with Gasteiger partial charge in [-0.25, -0.2) is 14.4 Å². The first kappa shape index (κ1) is 20.8. The van der Waals surface area contributed by atoms with E-state index in [2.05, 4.69) is 0 Å². The third-order valence-corrected chi connectivity index (χ3v) is 4.13. The van der Waals surface area contributed by atoms with E-state index in [-0.39, 0.29) is 11.1 Å². The van der Waals surface area contributed by atoms with Crippen LogP contribution in [0.1, 0.15) is 31.8 Å². The number of hydrogen-bond acceptors (Lipinski definition) is 6. The summed E-state index contributed by atoms with van der Waals surface area (Å²) in [4.78, 5) is 48.7. The Kier molecular flexibility index (Phi) is 5.95. The van der Waals surface area contributed by atoms with Gasteiger partial charge in [-0.15, -0.1) is 0 Å². The van der Waals surface area contributed by atoms with Gasteiger partial charge in [0.1, 0.15) is 0 Å². The smallest absolute Gasteiger partial charge is 0.360 e. The molecular weight excluding hydrogens is 368 g/mol. The highest BCUT2D eigenvalue weighted by molar-refractivity contribution is 6.19. The van der Waals surface area contributed by atoms with E-state index in [1.165, 1.54) is 36.4 Å². The van der Waals surface area contributed by atoms with Crippen molar-refractivity contribution in [3.8, 4) is 0 Å². The number of carboxylic acid groups (broad SMARTS) is 2. The first-order valence-electron chi connectivity index (χ1n) is 8.15. The lowest BCUT2D eigenvalue weighted by Gasteiger charge is -2.30. The molecule has 0 fully saturated rings. The van der Waals surface area contributed by atoms with Crippen molar-refractivity contribution in [3.63, 3.8) is 0 Å². The van der Waals surface area contributed by atoms with Crippen molar-refractivity contribution in [1.29, 1.82) is 0 Å². The monoisotopic (exact) mass is 386 g/mol. The van der Waals surface area contributed by atoms with E-state index in [4.69, 9.17) is 9.84 Å². The van der Waals surface area contributed by atoms with Gasteiger partial charge in [0.2, 0.25) is 11.9 Å². The highest BCUT2D eigenvalue weighted by atomic mass is 16.6. The molecule has 0 amide bonds. The van der Waals surface area contributed by atoms with E-state index in [0.29, 0.717) is 0 Å². The number of aryl methyl sites for hydroxylation is 2. The molecule has 8 nitrogen and oxygen atoms in total. The minimum absolute atomic E-state index is 0.106. The Morgan fingerprint density at radius 2 is 1.25 bits per heavy atom. The zero-order valence-electron chi connectivity index (χ0n) is 15.1. The van der Waals surface area contributed by atoms with Crippen LogP contribution in [0.15, 0.2) is 48.5 Å². The van der Waals surface area contributed by atoms with E-state index in [1.807, 2.05) is 0 Å². The molecule has 3 N–H and O–H groups in total. The van der Waals surface area contributed by atoms with Crippen molar-refractivity contribution in [2.24, 2.45) is 0 Å². The van der Waals surface area contributed by atoms with Crippen LogP contribution in [0.3, 0.4) is 0 Å². The van der Waals surface area contributed by atoms with Crippen LogP contribution in [-0.4, -0.2) is 50.7 Å². The second-order valence-corrected chi connectivity index (χ2v) is 6.23. The summed E-state index contributed by atoms with van der Waals surface area (Å²) in [5.41, 5.74) is -2.13. The van der Waals surface area contributed by atoms with Crippen molar-refractivity contribution in [2.45, 2.75) is 25.6 Å². The first-order chi connectivity index (χ1) is 13.1. The molecule has 0 aliphatic rings. The lowest BCUT2D eigenvalue weighted by molar-refractivity contribution is -0.176. The summed E-state index contributed by atoms with van der Waals surface area (Å²) in [6, 6.07) is 11.3. The number of aliphatic hydroxyl groups excluding tert-OH is 1. The molecule has 2 atom stereocenters. The molecular formula is C20H18O8. The van der Waals surface area contributed by atoms with Crippen LogP contribution in [0.25, 0.3) is 0 Å². The maximum Gasteiger partial charge on any atom is 0.360 e. The van der Waals surface area contributed by atoms with Crippen molar-refractivity contribution < 1.29 is 39.2 Å². The lowest BCUT2D eigenvalue weighted by Crippen LogP contribution is -2.61. The van der Waals surface area contributed by atoms with E-state index < -0.39 is 35.4 Å². The minimum Gasteiger partial charge on any atom is -0.479 e. The standard InChI is InChI=1S/C20H18O8/c1-11-3-7-13(8-4-11)15(21)20(19(26)27,16(22)17(23)24)28-18(25)14-9-5-12(2)6-10-14/h3-10,16,22H,1-2H3,(H,23,24)(H,26,27)/t16-,20?/m1/s1. The van der Waals surface area contributed by atoms with Gasteiger partial charge >= 0.3 is 23.5 Å². The number of benzene rings is 2. The van der Waals surface area contributed by atoms with Crippen LogP contribution in [0.4, 0.5) is 0 Å². The molecule has 2 aromatic carbocycles. The molecule has 1 unspecified atom stereocenters. The molecule has 0 saturated heterocycles. The zero-order valence-corrected chi connectivity index (χ0v) is 15.1. The van der Waals surface area contributed by atoms with Crippen LogP contribution < -0.4 is 0 Å². The molecule has 2 rings (SSSR count). The molecule has 0 bridgehead atoms. The number of carbonyl (C=O) groups is 4. The Morgan fingerprint density at radius 1 is 0.821 bits per heavy atom. The molecule has 8 heteroatoms. The van der Waals surface area contributed by atoms with Gasteiger partial charge < -0.3 is 20.1 Å². The molecule has 0 spiro atoms.